The maximum atomic E-state index is 10.1. The van der Waals surface area contributed by atoms with Gasteiger partial charge in [0.2, 0.25) is 6.41 Å². The van der Waals surface area contributed by atoms with Crippen LogP contribution in [-0.2, 0) is 4.79 Å². The van der Waals surface area contributed by atoms with E-state index in [0.29, 0.717) is 30.4 Å². The fourth-order valence-corrected chi connectivity index (χ4v) is 3.15. The quantitative estimate of drug-likeness (QED) is 0.460. The van der Waals surface area contributed by atoms with E-state index in [9.17, 15) is 9.90 Å². The number of hydrogen-bond acceptors (Lipinski definition) is 7. The topological polar surface area (TPSA) is 111 Å². The number of aliphatic hydroxyl groups excluding tert-OH is 1. The Kier molecular flexibility index (Phi) is 7.53. The van der Waals surface area contributed by atoms with Gasteiger partial charge in [0.25, 0.3) is 0 Å². The predicted octanol–water partition coefficient (Wildman–Crippen LogP) is 1.84. The summed E-state index contributed by atoms with van der Waals surface area (Å²) < 4.78 is 0. The van der Waals surface area contributed by atoms with Crippen LogP contribution < -0.4 is 10.6 Å². The van der Waals surface area contributed by atoms with Crippen molar-refractivity contribution in [2.24, 2.45) is 0 Å². The largest absolute Gasteiger partial charge is 0.507 e. The lowest BCUT2D eigenvalue weighted by molar-refractivity contribution is -0.117. The van der Waals surface area contributed by atoms with E-state index in [1.807, 2.05) is 36.4 Å². The monoisotopic (exact) mass is 409 g/mol. The fraction of sp³-hybridized carbons (Fsp3) is 0.318. The summed E-state index contributed by atoms with van der Waals surface area (Å²) in [5.41, 5.74) is 1.51. The van der Waals surface area contributed by atoms with Gasteiger partial charge in [-0.3, -0.25) is 4.79 Å². The van der Waals surface area contributed by atoms with E-state index in [-0.39, 0.29) is 12.4 Å². The molecular formula is C22H27N5O3. The maximum absolute atomic E-state index is 10.1. The van der Waals surface area contributed by atoms with Crippen LogP contribution in [0.3, 0.4) is 0 Å². The number of likely N-dealkylation sites (N-methyl/N-ethyl adjacent to an activating group) is 1. The van der Waals surface area contributed by atoms with Crippen molar-refractivity contribution in [2.45, 2.75) is 12.5 Å². The summed E-state index contributed by atoms with van der Waals surface area (Å²) in [4.78, 5) is 20.4. The first-order valence-electron chi connectivity index (χ1n) is 9.91. The highest BCUT2D eigenvalue weighted by atomic mass is 16.3. The van der Waals surface area contributed by atoms with Gasteiger partial charge in [-0.2, -0.15) is 0 Å². The number of carbonyl (C=O) groups excluding carboxylic acids is 1. The van der Waals surface area contributed by atoms with Gasteiger partial charge in [-0.05, 0) is 37.2 Å². The van der Waals surface area contributed by atoms with E-state index in [2.05, 4.69) is 20.6 Å². The summed E-state index contributed by atoms with van der Waals surface area (Å²) in [5, 5.41) is 26.1. The molecule has 158 valence electrons. The van der Waals surface area contributed by atoms with E-state index >= 15 is 0 Å². The molecule has 0 saturated carbocycles. The summed E-state index contributed by atoms with van der Waals surface area (Å²) in [6.07, 6.45) is 1.75. The third-order valence-electron chi connectivity index (χ3n) is 4.78. The van der Waals surface area contributed by atoms with Crippen molar-refractivity contribution < 1.29 is 15.0 Å². The number of amides is 1. The van der Waals surface area contributed by atoms with E-state index in [4.69, 9.17) is 5.11 Å². The lowest BCUT2D eigenvalue weighted by Crippen LogP contribution is -2.23. The van der Waals surface area contributed by atoms with E-state index in [1.54, 1.807) is 19.2 Å². The number of hydrogen-bond donors (Lipinski definition) is 4. The lowest BCUT2D eigenvalue weighted by Gasteiger charge is -2.15. The zero-order chi connectivity index (χ0) is 21.3. The summed E-state index contributed by atoms with van der Waals surface area (Å²) >= 11 is 0. The van der Waals surface area contributed by atoms with Gasteiger partial charge < -0.3 is 25.7 Å². The molecule has 4 rings (SSSR count). The van der Waals surface area contributed by atoms with Crippen LogP contribution in [0.1, 0.15) is 6.42 Å². The summed E-state index contributed by atoms with van der Waals surface area (Å²) in [7, 11) is 1.61. The van der Waals surface area contributed by atoms with Crippen LogP contribution >= 0.6 is 0 Å². The number of phenols is 1. The molecule has 0 bridgehead atoms. The third kappa shape index (κ3) is 5.43. The van der Waals surface area contributed by atoms with Gasteiger partial charge in [0, 0.05) is 31.6 Å². The molecule has 2 heterocycles. The Hall–Kier alpha value is -3.23. The van der Waals surface area contributed by atoms with Crippen molar-refractivity contribution >= 4 is 23.1 Å². The number of rotatable bonds is 6. The van der Waals surface area contributed by atoms with Crippen molar-refractivity contribution in [1.82, 2.24) is 20.2 Å². The zero-order valence-electron chi connectivity index (χ0n) is 17.0. The zero-order valence-corrected chi connectivity index (χ0v) is 17.0. The highest BCUT2D eigenvalue weighted by molar-refractivity contribution is 5.91. The number of nitrogens with one attached hydrogen (secondary N) is 2. The highest BCUT2D eigenvalue weighted by Gasteiger charge is 2.17. The van der Waals surface area contributed by atoms with Crippen molar-refractivity contribution in [2.75, 3.05) is 38.6 Å². The SMILES string of the molecule is CN(C=O)CCO.Oc1ccccc1-c1nc(NC2CCNC2)c2ccccc2n1. The van der Waals surface area contributed by atoms with Gasteiger partial charge in [-0.1, -0.05) is 24.3 Å². The third-order valence-corrected chi connectivity index (χ3v) is 4.78. The highest BCUT2D eigenvalue weighted by Crippen LogP contribution is 2.30. The van der Waals surface area contributed by atoms with E-state index < -0.39 is 0 Å². The second-order valence-electron chi connectivity index (χ2n) is 7.07. The van der Waals surface area contributed by atoms with Crippen LogP contribution in [0.2, 0.25) is 0 Å². The first-order chi connectivity index (χ1) is 14.6. The van der Waals surface area contributed by atoms with Gasteiger partial charge in [-0.25, -0.2) is 9.97 Å². The molecular weight excluding hydrogens is 382 g/mol. The molecule has 8 heteroatoms. The number of nitrogens with zero attached hydrogens (tertiary/aromatic N) is 3. The number of aromatic hydroxyl groups is 1. The predicted molar refractivity (Wildman–Crippen MR) is 117 cm³/mol. The molecule has 0 spiro atoms. The lowest BCUT2D eigenvalue weighted by atomic mass is 10.1. The van der Waals surface area contributed by atoms with Crippen molar-refractivity contribution in [3.8, 4) is 17.1 Å². The van der Waals surface area contributed by atoms with Gasteiger partial charge in [0.1, 0.15) is 11.6 Å². The molecule has 0 aliphatic carbocycles. The number of carbonyl (C=O) groups is 1. The second-order valence-corrected chi connectivity index (χ2v) is 7.07. The molecule has 1 saturated heterocycles. The molecule has 0 radical (unpaired) electrons. The fourth-order valence-electron chi connectivity index (χ4n) is 3.15. The number of aliphatic hydroxyl groups is 1. The van der Waals surface area contributed by atoms with E-state index in [1.165, 1.54) is 4.90 Å². The van der Waals surface area contributed by atoms with E-state index in [0.717, 1.165) is 36.2 Å². The van der Waals surface area contributed by atoms with Crippen LogP contribution in [-0.4, -0.2) is 70.8 Å². The second kappa shape index (κ2) is 10.5. The molecule has 1 aliphatic rings. The molecule has 2 aromatic carbocycles. The van der Waals surface area contributed by atoms with Crippen molar-refractivity contribution in [3.05, 3.63) is 48.5 Å². The molecule has 4 N–H and O–H groups in total. The van der Waals surface area contributed by atoms with Crippen molar-refractivity contribution in [3.63, 3.8) is 0 Å². The number of para-hydroxylation sites is 2. The minimum atomic E-state index is 0.0369. The Labute approximate surface area is 175 Å². The Balaban J connectivity index is 0.000000318. The van der Waals surface area contributed by atoms with Gasteiger partial charge in [0.05, 0.1) is 17.7 Å². The van der Waals surface area contributed by atoms with Crippen LogP contribution in [0, 0.1) is 0 Å². The van der Waals surface area contributed by atoms with Gasteiger partial charge in [0.15, 0.2) is 5.82 Å². The number of fused-ring (bicyclic) bond motifs is 1. The van der Waals surface area contributed by atoms with Crippen molar-refractivity contribution in [1.29, 1.82) is 0 Å². The molecule has 1 aromatic heterocycles. The Morgan fingerprint density at radius 3 is 2.63 bits per heavy atom. The first-order valence-corrected chi connectivity index (χ1v) is 9.91. The van der Waals surface area contributed by atoms with Crippen LogP contribution in [0.4, 0.5) is 5.82 Å². The summed E-state index contributed by atoms with van der Waals surface area (Å²) in [6, 6.07) is 15.5. The molecule has 8 nitrogen and oxygen atoms in total. The molecule has 30 heavy (non-hydrogen) atoms. The summed E-state index contributed by atoms with van der Waals surface area (Å²) in [5.74, 6) is 1.55. The molecule has 1 amide bonds. The Bertz CT molecular complexity index is 976. The molecule has 1 unspecified atom stereocenters. The summed E-state index contributed by atoms with van der Waals surface area (Å²) in [6.45, 7) is 2.41. The standard InChI is InChI=1S/C18H18N4O.C4H9NO2/c23-16-8-4-2-6-14(16)18-21-15-7-3-1-5-13(15)17(22-18)20-12-9-10-19-11-12;1-5(4-7)2-3-6/h1-8,12,19,23H,9-11H2,(H,20,21,22);4,6H,2-3H2,1H3. The van der Waals surface area contributed by atoms with Crippen LogP contribution in [0.15, 0.2) is 48.5 Å². The first kappa shape index (κ1) is 21.5. The molecule has 3 aromatic rings. The Morgan fingerprint density at radius 2 is 1.97 bits per heavy atom. The van der Waals surface area contributed by atoms with Gasteiger partial charge in [-0.15, -0.1) is 0 Å². The minimum Gasteiger partial charge on any atom is -0.507 e. The average Bonchev–Trinajstić information content (AvgIpc) is 3.28. The van der Waals surface area contributed by atoms with Crippen LogP contribution in [0.25, 0.3) is 22.3 Å². The smallest absolute Gasteiger partial charge is 0.209 e. The molecule has 1 aliphatic heterocycles. The van der Waals surface area contributed by atoms with Crippen LogP contribution in [0.5, 0.6) is 5.75 Å². The van der Waals surface area contributed by atoms with Gasteiger partial charge >= 0.3 is 0 Å². The normalized spacial score (nSPS) is 15.3. The molecule has 1 fully saturated rings. The maximum Gasteiger partial charge on any atom is 0.209 e. The minimum absolute atomic E-state index is 0.0369. The molecule has 1 atom stereocenters. The number of aromatic nitrogens is 2. The average molecular weight is 409 g/mol. The number of phenolic OH excluding ortho intramolecular Hbond substituents is 1. The number of anilines is 1. The number of benzene rings is 2. The Morgan fingerprint density at radius 1 is 1.20 bits per heavy atom.